The van der Waals surface area contributed by atoms with Gasteiger partial charge in [-0.15, -0.1) is 0 Å². The van der Waals surface area contributed by atoms with E-state index in [2.05, 4.69) is 24.7 Å². The minimum absolute atomic E-state index is 0.0475. The Bertz CT molecular complexity index is 1330. The summed E-state index contributed by atoms with van der Waals surface area (Å²) in [5.41, 5.74) is 0.987. The molecule has 0 unspecified atom stereocenters. The molecule has 2 saturated heterocycles. The summed E-state index contributed by atoms with van der Waals surface area (Å²) in [6.45, 7) is 5.20. The molecule has 2 aliphatic heterocycles. The number of sulfonamides is 1. The molecule has 2 aliphatic rings. The quantitative estimate of drug-likeness (QED) is 0.384. The molecular formula is C23H27N7O4S. The molecule has 35 heavy (non-hydrogen) atoms. The van der Waals surface area contributed by atoms with Gasteiger partial charge in [0, 0.05) is 88.1 Å². The molecular weight excluding hydrogens is 470 g/mol. The SMILES string of the molecule is CN1CCN(S(=O)(=O)c2ccc(N3CCN(c4ccc([N+](=O)[O-])c5cnccc45)CC3)nc2)CC1. The van der Waals surface area contributed by atoms with Gasteiger partial charge in [0.05, 0.1) is 10.3 Å². The number of piperazine rings is 2. The predicted octanol–water partition coefficient (Wildman–Crippen LogP) is 1.80. The number of anilines is 2. The van der Waals surface area contributed by atoms with Crippen molar-refractivity contribution in [2.24, 2.45) is 0 Å². The van der Waals surface area contributed by atoms with Crippen molar-refractivity contribution >= 4 is 38.0 Å². The van der Waals surface area contributed by atoms with Crippen molar-refractivity contribution in [3.8, 4) is 0 Å². The van der Waals surface area contributed by atoms with Gasteiger partial charge in [-0.2, -0.15) is 4.31 Å². The van der Waals surface area contributed by atoms with Gasteiger partial charge in [-0.05, 0) is 31.3 Å². The Kier molecular flexibility index (Phi) is 6.26. The fourth-order valence-electron chi connectivity index (χ4n) is 4.66. The lowest BCUT2D eigenvalue weighted by Gasteiger charge is -2.37. The minimum Gasteiger partial charge on any atom is -0.367 e. The summed E-state index contributed by atoms with van der Waals surface area (Å²) in [4.78, 5) is 26.2. The van der Waals surface area contributed by atoms with E-state index in [9.17, 15) is 18.5 Å². The van der Waals surface area contributed by atoms with Gasteiger partial charge in [0.25, 0.3) is 5.69 Å². The molecule has 4 heterocycles. The van der Waals surface area contributed by atoms with Gasteiger partial charge in [0.2, 0.25) is 10.0 Å². The lowest BCUT2D eigenvalue weighted by atomic mass is 10.1. The first-order valence-electron chi connectivity index (χ1n) is 11.5. The average molecular weight is 498 g/mol. The van der Waals surface area contributed by atoms with Gasteiger partial charge in [0.1, 0.15) is 10.7 Å². The third kappa shape index (κ3) is 4.51. The molecule has 2 fully saturated rings. The van der Waals surface area contributed by atoms with Crippen LogP contribution < -0.4 is 9.80 Å². The van der Waals surface area contributed by atoms with Crippen LogP contribution >= 0.6 is 0 Å². The predicted molar refractivity (Wildman–Crippen MR) is 133 cm³/mol. The lowest BCUT2D eigenvalue weighted by Crippen LogP contribution is -2.47. The van der Waals surface area contributed by atoms with Crippen LogP contribution in [0.2, 0.25) is 0 Å². The van der Waals surface area contributed by atoms with Gasteiger partial charge < -0.3 is 14.7 Å². The number of pyridine rings is 2. The number of nitrogens with zero attached hydrogens (tertiary/aromatic N) is 7. The summed E-state index contributed by atoms with van der Waals surface area (Å²) in [7, 11) is -1.56. The van der Waals surface area contributed by atoms with E-state index < -0.39 is 10.0 Å². The number of nitro groups is 1. The molecule has 0 amide bonds. The van der Waals surface area contributed by atoms with Crippen LogP contribution in [0.15, 0.2) is 53.8 Å². The summed E-state index contributed by atoms with van der Waals surface area (Å²) in [6.07, 6.45) is 4.63. The molecule has 0 bridgehead atoms. The number of benzene rings is 1. The zero-order valence-electron chi connectivity index (χ0n) is 19.4. The smallest absolute Gasteiger partial charge is 0.278 e. The number of rotatable bonds is 5. The fourth-order valence-corrected chi connectivity index (χ4v) is 6.03. The summed E-state index contributed by atoms with van der Waals surface area (Å²) >= 11 is 0. The topological polar surface area (TPSA) is 116 Å². The zero-order valence-corrected chi connectivity index (χ0v) is 20.3. The molecule has 0 saturated carbocycles. The van der Waals surface area contributed by atoms with E-state index in [4.69, 9.17) is 0 Å². The maximum Gasteiger partial charge on any atom is 0.278 e. The third-order valence-corrected chi connectivity index (χ3v) is 8.62. The summed E-state index contributed by atoms with van der Waals surface area (Å²) in [6, 6.07) is 8.55. The molecule has 11 nitrogen and oxygen atoms in total. The van der Waals surface area contributed by atoms with Crippen molar-refractivity contribution in [1.82, 2.24) is 19.2 Å². The lowest BCUT2D eigenvalue weighted by molar-refractivity contribution is -0.383. The molecule has 0 N–H and O–H groups in total. The number of likely N-dealkylation sites (N-methyl/N-ethyl adjacent to an activating group) is 1. The van der Waals surface area contributed by atoms with Gasteiger partial charge in [0.15, 0.2) is 0 Å². The van der Waals surface area contributed by atoms with E-state index in [0.29, 0.717) is 44.7 Å². The largest absolute Gasteiger partial charge is 0.367 e. The van der Waals surface area contributed by atoms with Gasteiger partial charge in [-0.1, -0.05) is 0 Å². The zero-order chi connectivity index (χ0) is 24.6. The molecule has 2 aromatic heterocycles. The number of nitro benzene ring substituents is 1. The molecule has 0 atom stereocenters. The summed E-state index contributed by atoms with van der Waals surface area (Å²) < 4.78 is 27.4. The Labute approximate surface area is 203 Å². The van der Waals surface area contributed by atoms with Crippen LogP contribution in [0.5, 0.6) is 0 Å². The Balaban J connectivity index is 1.28. The first-order valence-corrected chi connectivity index (χ1v) is 12.9. The van der Waals surface area contributed by atoms with Gasteiger partial charge in [-0.3, -0.25) is 15.1 Å². The van der Waals surface area contributed by atoms with Crippen LogP contribution in [0.1, 0.15) is 0 Å². The fraction of sp³-hybridized carbons (Fsp3) is 0.391. The monoisotopic (exact) mass is 497 g/mol. The third-order valence-electron chi connectivity index (χ3n) is 6.73. The van der Waals surface area contributed by atoms with Crippen LogP contribution in [-0.2, 0) is 10.0 Å². The Morgan fingerprint density at radius 1 is 0.857 bits per heavy atom. The molecule has 1 aromatic carbocycles. The van der Waals surface area contributed by atoms with E-state index in [-0.39, 0.29) is 15.5 Å². The molecule has 5 rings (SSSR count). The van der Waals surface area contributed by atoms with E-state index in [1.54, 1.807) is 24.4 Å². The van der Waals surface area contributed by atoms with Crippen molar-refractivity contribution < 1.29 is 13.3 Å². The van der Waals surface area contributed by atoms with Crippen LogP contribution in [0, 0.1) is 10.1 Å². The Morgan fingerprint density at radius 3 is 2.23 bits per heavy atom. The van der Waals surface area contributed by atoms with Crippen molar-refractivity contribution in [2.45, 2.75) is 4.90 Å². The first kappa shape index (κ1) is 23.4. The summed E-state index contributed by atoms with van der Waals surface area (Å²) in [5.74, 6) is 0.736. The van der Waals surface area contributed by atoms with E-state index in [1.165, 1.54) is 22.8 Å². The Hall–Kier alpha value is -3.35. The van der Waals surface area contributed by atoms with Crippen molar-refractivity contribution in [2.75, 3.05) is 69.2 Å². The highest BCUT2D eigenvalue weighted by Crippen LogP contribution is 2.33. The van der Waals surface area contributed by atoms with Crippen molar-refractivity contribution in [1.29, 1.82) is 0 Å². The second kappa shape index (κ2) is 9.36. The highest BCUT2D eigenvalue weighted by atomic mass is 32.2. The number of fused-ring (bicyclic) bond motifs is 1. The standard InChI is InChI=1S/C23H27N7O4S/c1-26-8-14-29(15-9-26)35(33,34)18-2-5-23(25-16-18)28-12-10-27(11-13-28)21-3-4-22(30(31)32)20-17-24-7-6-19(20)21/h2-7,16-17H,8-15H2,1H3. The maximum atomic E-state index is 13.0. The van der Waals surface area contributed by atoms with E-state index in [0.717, 1.165) is 30.0 Å². The maximum absolute atomic E-state index is 13.0. The van der Waals surface area contributed by atoms with Gasteiger partial charge >= 0.3 is 0 Å². The minimum atomic E-state index is -3.54. The van der Waals surface area contributed by atoms with Crippen LogP contribution in [0.25, 0.3) is 10.8 Å². The van der Waals surface area contributed by atoms with Gasteiger partial charge in [-0.25, -0.2) is 13.4 Å². The highest BCUT2D eigenvalue weighted by molar-refractivity contribution is 7.89. The second-order valence-electron chi connectivity index (χ2n) is 8.82. The van der Waals surface area contributed by atoms with Crippen molar-refractivity contribution in [3.05, 3.63) is 59.0 Å². The number of hydrogen-bond donors (Lipinski definition) is 0. The molecule has 0 aliphatic carbocycles. The number of non-ortho nitro benzene ring substituents is 1. The second-order valence-corrected chi connectivity index (χ2v) is 10.8. The van der Waals surface area contributed by atoms with Crippen LogP contribution in [-0.4, -0.2) is 91.9 Å². The Morgan fingerprint density at radius 2 is 1.57 bits per heavy atom. The average Bonchev–Trinajstić information content (AvgIpc) is 2.88. The molecule has 0 spiro atoms. The highest BCUT2D eigenvalue weighted by Gasteiger charge is 2.28. The molecule has 0 radical (unpaired) electrons. The van der Waals surface area contributed by atoms with Crippen molar-refractivity contribution in [3.63, 3.8) is 0 Å². The summed E-state index contributed by atoms with van der Waals surface area (Å²) in [5, 5.41) is 12.7. The van der Waals surface area contributed by atoms with E-state index >= 15 is 0 Å². The first-order chi connectivity index (χ1) is 16.8. The number of hydrogen-bond acceptors (Lipinski definition) is 9. The molecule has 12 heteroatoms. The number of aromatic nitrogens is 2. The molecule has 3 aromatic rings. The molecule has 184 valence electrons. The normalized spacial score (nSPS) is 18.2. The van der Waals surface area contributed by atoms with Crippen LogP contribution in [0.3, 0.4) is 0 Å². The van der Waals surface area contributed by atoms with E-state index in [1.807, 2.05) is 13.1 Å². The van der Waals surface area contributed by atoms with Crippen LogP contribution in [0.4, 0.5) is 17.2 Å².